The number of benzene rings is 2. The van der Waals surface area contributed by atoms with E-state index < -0.39 is 5.97 Å². The molecule has 2 aromatic carbocycles. The first-order valence-corrected chi connectivity index (χ1v) is 5.79. The standard InChI is InChI=1S/C16H14O2/c17-16(18)11-5-7-13-6-4-10-15(12-13)14-8-2-1-3-9-14/h1-6,8-12H,7H2,(H,17,18). The molecule has 0 heterocycles. The summed E-state index contributed by atoms with van der Waals surface area (Å²) >= 11 is 0. The van der Waals surface area contributed by atoms with Gasteiger partial charge in [-0.25, -0.2) is 4.79 Å². The number of hydrogen-bond acceptors (Lipinski definition) is 1. The minimum absolute atomic E-state index is 0.632. The summed E-state index contributed by atoms with van der Waals surface area (Å²) in [6, 6.07) is 18.3. The molecule has 1 N–H and O–H groups in total. The molecule has 0 saturated heterocycles. The van der Waals surface area contributed by atoms with Gasteiger partial charge in [0.15, 0.2) is 0 Å². The van der Waals surface area contributed by atoms with Crippen LogP contribution in [0, 0.1) is 0 Å². The second kappa shape index (κ2) is 5.82. The minimum atomic E-state index is -0.908. The highest BCUT2D eigenvalue weighted by atomic mass is 16.4. The van der Waals surface area contributed by atoms with E-state index in [2.05, 4.69) is 24.3 Å². The second-order valence-corrected chi connectivity index (χ2v) is 4.01. The van der Waals surface area contributed by atoms with Gasteiger partial charge in [0.2, 0.25) is 0 Å². The van der Waals surface area contributed by atoms with Crippen molar-refractivity contribution >= 4 is 5.97 Å². The maximum Gasteiger partial charge on any atom is 0.327 e. The SMILES string of the molecule is O=C(O)C=CCc1cccc(-c2ccccc2)c1. The van der Waals surface area contributed by atoms with Crippen LogP contribution >= 0.6 is 0 Å². The Morgan fingerprint density at radius 2 is 1.72 bits per heavy atom. The smallest absolute Gasteiger partial charge is 0.327 e. The molecule has 0 spiro atoms. The summed E-state index contributed by atoms with van der Waals surface area (Å²) in [4.78, 5) is 10.4. The van der Waals surface area contributed by atoms with Crippen LogP contribution < -0.4 is 0 Å². The van der Waals surface area contributed by atoms with Gasteiger partial charge in [-0.1, -0.05) is 60.7 Å². The van der Waals surface area contributed by atoms with E-state index in [1.807, 2.05) is 30.3 Å². The van der Waals surface area contributed by atoms with Crippen LogP contribution in [-0.4, -0.2) is 11.1 Å². The third-order valence-corrected chi connectivity index (χ3v) is 2.65. The zero-order valence-corrected chi connectivity index (χ0v) is 9.91. The molecule has 18 heavy (non-hydrogen) atoms. The Morgan fingerprint density at radius 3 is 2.44 bits per heavy atom. The lowest BCUT2D eigenvalue weighted by Crippen LogP contribution is -1.88. The first-order chi connectivity index (χ1) is 8.75. The average Bonchev–Trinajstić information content (AvgIpc) is 2.40. The van der Waals surface area contributed by atoms with E-state index in [-0.39, 0.29) is 0 Å². The summed E-state index contributed by atoms with van der Waals surface area (Å²) in [5.41, 5.74) is 3.42. The number of rotatable bonds is 4. The van der Waals surface area contributed by atoms with E-state index in [0.717, 1.165) is 11.1 Å². The zero-order valence-electron chi connectivity index (χ0n) is 9.91. The summed E-state index contributed by atoms with van der Waals surface area (Å²) in [5, 5.41) is 8.54. The number of aliphatic carboxylic acids is 1. The van der Waals surface area contributed by atoms with Crippen molar-refractivity contribution < 1.29 is 9.90 Å². The van der Waals surface area contributed by atoms with Crippen molar-refractivity contribution in [1.29, 1.82) is 0 Å². The molecule has 0 unspecified atom stereocenters. The van der Waals surface area contributed by atoms with Gasteiger partial charge in [0.1, 0.15) is 0 Å². The lowest BCUT2D eigenvalue weighted by molar-refractivity contribution is -0.131. The van der Waals surface area contributed by atoms with Crippen LogP contribution in [0.5, 0.6) is 0 Å². The molecule has 2 aromatic rings. The number of carboxylic acids is 1. The molecule has 0 fully saturated rings. The van der Waals surface area contributed by atoms with Crippen molar-refractivity contribution in [3.63, 3.8) is 0 Å². The number of carbonyl (C=O) groups is 1. The van der Waals surface area contributed by atoms with Gasteiger partial charge < -0.3 is 5.11 Å². The van der Waals surface area contributed by atoms with Crippen LogP contribution in [0.4, 0.5) is 0 Å². The van der Waals surface area contributed by atoms with Crippen molar-refractivity contribution in [2.75, 3.05) is 0 Å². The third kappa shape index (κ3) is 3.32. The fourth-order valence-electron chi connectivity index (χ4n) is 1.80. The lowest BCUT2D eigenvalue weighted by Gasteiger charge is -2.03. The van der Waals surface area contributed by atoms with Crippen molar-refractivity contribution in [2.24, 2.45) is 0 Å². The van der Waals surface area contributed by atoms with Crippen LogP contribution in [0.25, 0.3) is 11.1 Å². The van der Waals surface area contributed by atoms with Gasteiger partial charge in [-0.15, -0.1) is 0 Å². The van der Waals surface area contributed by atoms with Crippen molar-refractivity contribution in [1.82, 2.24) is 0 Å². The van der Waals surface area contributed by atoms with E-state index in [4.69, 9.17) is 5.11 Å². The van der Waals surface area contributed by atoms with Gasteiger partial charge in [-0.2, -0.15) is 0 Å². The molecule has 0 aliphatic heterocycles. The molecule has 0 atom stereocenters. The molecule has 0 bridgehead atoms. The van der Waals surface area contributed by atoms with E-state index in [1.165, 1.54) is 11.6 Å². The van der Waals surface area contributed by atoms with Crippen molar-refractivity contribution in [3.05, 3.63) is 72.3 Å². The number of hydrogen-bond donors (Lipinski definition) is 1. The van der Waals surface area contributed by atoms with Gasteiger partial charge in [0.25, 0.3) is 0 Å². The predicted molar refractivity (Wildman–Crippen MR) is 72.4 cm³/mol. The Bertz CT molecular complexity index is 556. The fourth-order valence-corrected chi connectivity index (χ4v) is 1.80. The zero-order chi connectivity index (χ0) is 12.8. The minimum Gasteiger partial charge on any atom is -0.478 e. The topological polar surface area (TPSA) is 37.3 Å². The quantitative estimate of drug-likeness (QED) is 0.827. The van der Waals surface area contributed by atoms with E-state index in [1.54, 1.807) is 6.08 Å². The van der Waals surface area contributed by atoms with E-state index in [9.17, 15) is 4.79 Å². The number of carboxylic acid groups (broad SMARTS) is 1. The van der Waals surface area contributed by atoms with Crippen LogP contribution in [-0.2, 0) is 11.2 Å². The molecule has 2 nitrogen and oxygen atoms in total. The first kappa shape index (κ1) is 12.1. The lowest BCUT2D eigenvalue weighted by atomic mass is 10.0. The highest BCUT2D eigenvalue weighted by Crippen LogP contribution is 2.20. The summed E-state index contributed by atoms with van der Waals surface area (Å²) in [6.07, 6.45) is 3.47. The molecular formula is C16H14O2. The number of allylic oxidation sites excluding steroid dienone is 1. The molecule has 2 rings (SSSR count). The maximum atomic E-state index is 10.4. The predicted octanol–water partition coefficient (Wildman–Crippen LogP) is 3.54. The molecular weight excluding hydrogens is 224 g/mol. The van der Waals surface area contributed by atoms with Crippen LogP contribution in [0.15, 0.2) is 66.7 Å². The van der Waals surface area contributed by atoms with Gasteiger partial charge in [0.05, 0.1) is 0 Å². The molecule has 2 heteroatoms. The monoisotopic (exact) mass is 238 g/mol. The molecule has 0 radical (unpaired) electrons. The normalized spacial score (nSPS) is 10.7. The highest BCUT2D eigenvalue weighted by molar-refractivity contribution is 5.79. The Kier molecular flexibility index (Phi) is 3.92. The molecule has 0 amide bonds. The summed E-state index contributed by atoms with van der Waals surface area (Å²) in [5.74, 6) is -0.908. The Balaban J connectivity index is 2.18. The summed E-state index contributed by atoms with van der Waals surface area (Å²) in [7, 11) is 0. The van der Waals surface area contributed by atoms with Crippen LogP contribution in [0.3, 0.4) is 0 Å². The third-order valence-electron chi connectivity index (χ3n) is 2.65. The van der Waals surface area contributed by atoms with E-state index in [0.29, 0.717) is 6.42 Å². The largest absolute Gasteiger partial charge is 0.478 e. The van der Waals surface area contributed by atoms with Crippen molar-refractivity contribution in [2.45, 2.75) is 6.42 Å². The Morgan fingerprint density at radius 1 is 1.00 bits per heavy atom. The maximum absolute atomic E-state index is 10.4. The highest BCUT2D eigenvalue weighted by Gasteiger charge is 1.97. The van der Waals surface area contributed by atoms with Gasteiger partial charge in [-0.3, -0.25) is 0 Å². The Labute approximate surface area is 106 Å². The fraction of sp³-hybridized carbons (Fsp3) is 0.0625. The molecule has 0 saturated carbocycles. The van der Waals surface area contributed by atoms with Gasteiger partial charge in [-0.05, 0) is 23.1 Å². The van der Waals surface area contributed by atoms with Crippen LogP contribution in [0.1, 0.15) is 5.56 Å². The molecule has 0 aliphatic rings. The average molecular weight is 238 g/mol. The van der Waals surface area contributed by atoms with E-state index >= 15 is 0 Å². The van der Waals surface area contributed by atoms with Crippen LogP contribution in [0.2, 0.25) is 0 Å². The second-order valence-electron chi connectivity index (χ2n) is 4.01. The Hall–Kier alpha value is -2.35. The molecule has 90 valence electrons. The summed E-state index contributed by atoms with van der Waals surface area (Å²) < 4.78 is 0. The van der Waals surface area contributed by atoms with Gasteiger partial charge >= 0.3 is 5.97 Å². The first-order valence-electron chi connectivity index (χ1n) is 5.79. The van der Waals surface area contributed by atoms with Crippen molar-refractivity contribution in [3.8, 4) is 11.1 Å². The summed E-state index contributed by atoms with van der Waals surface area (Å²) in [6.45, 7) is 0. The van der Waals surface area contributed by atoms with Gasteiger partial charge in [0, 0.05) is 6.08 Å². The molecule has 0 aromatic heterocycles. The molecule has 0 aliphatic carbocycles.